The summed E-state index contributed by atoms with van der Waals surface area (Å²) in [6.45, 7) is 6.54. The van der Waals surface area contributed by atoms with Gasteiger partial charge in [0.25, 0.3) is 0 Å². The second-order valence-electron chi connectivity index (χ2n) is 7.14. The number of benzene rings is 1. The maximum absolute atomic E-state index is 11.9. The zero-order chi connectivity index (χ0) is 17.8. The first-order valence-electron chi connectivity index (χ1n) is 9.09. The van der Waals surface area contributed by atoms with E-state index < -0.39 is 12.0 Å². The molecule has 2 heterocycles. The van der Waals surface area contributed by atoms with Crippen molar-refractivity contribution in [3.63, 3.8) is 0 Å². The van der Waals surface area contributed by atoms with Gasteiger partial charge in [-0.15, -0.1) is 0 Å². The van der Waals surface area contributed by atoms with Crippen LogP contribution in [0, 0.1) is 0 Å². The second kappa shape index (κ2) is 7.83. The van der Waals surface area contributed by atoms with Crippen molar-refractivity contribution >= 4 is 5.97 Å². The Labute approximate surface area is 149 Å². The van der Waals surface area contributed by atoms with Crippen LogP contribution in [-0.4, -0.2) is 44.7 Å². The van der Waals surface area contributed by atoms with Crippen LogP contribution in [0.2, 0.25) is 0 Å². The Bertz CT molecular complexity index is 688. The van der Waals surface area contributed by atoms with E-state index in [0.717, 1.165) is 37.3 Å². The van der Waals surface area contributed by atoms with Gasteiger partial charge in [0, 0.05) is 30.8 Å². The standard InChI is InChI=1S/C20H27N3O2/c1-15(2)22-11-8-17(9-12-22)19-21-10-13-23(19)18(20(24)25)14-16-6-4-3-5-7-16/h3-7,10,13,15,17-18H,8-9,11-12,14H2,1-2H3,(H,24,25)/t18-/m0/s1. The summed E-state index contributed by atoms with van der Waals surface area (Å²) in [4.78, 5) is 18.9. The fourth-order valence-electron chi connectivity index (χ4n) is 3.72. The molecule has 1 aliphatic heterocycles. The molecule has 1 aromatic carbocycles. The van der Waals surface area contributed by atoms with Crippen LogP contribution in [0.4, 0.5) is 0 Å². The summed E-state index contributed by atoms with van der Waals surface area (Å²) in [6.07, 6.45) is 6.11. The van der Waals surface area contributed by atoms with Gasteiger partial charge in [-0.1, -0.05) is 30.3 Å². The number of nitrogens with zero attached hydrogens (tertiary/aromatic N) is 3. The number of rotatable bonds is 6. The van der Waals surface area contributed by atoms with Gasteiger partial charge in [-0.25, -0.2) is 9.78 Å². The van der Waals surface area contributed by atoms with Crippen molar-refractivity contribution in [3.05, 3.63) is 54.1 Å². The Morgan fingerprint density at radius 1 is 1.24 bits per heavy atom. The fraction of sp³-hybridized carbons (Fsp3) is 0.500. The van der Waals surface area contributed by atoms with Gasteiger partial charge in [0.15, 0.2) is 0 Å². The second-order valence-corrected chi connectivity index (χ2v) is 7.14. The van der Waals surface area contributed by atoms with Gasteiger partial charge in [0.05, 0.1) is 0 Å². The fourth-order valence-corrected chi connectivity index (χ4v) is 3.72. The zero-order valence-electron chi connectivity index (χ0n) is 15.0. The third-order valence-electron chi connectivity index (χ3n) is 5.22. The molecule has 1 N–H and O–H groups in total. The van der Waals surface area contributed by atoms with Crippen LogP contribution in [0.25, 0.3) is 0 Å². The molecule has 0 radical (unpaired) electrons. The monoisotopic (exact) mass is 341 g/mol. The predicted octanol–water partition coefficient (Wildman–Crippen LogP) is 3.34. The third kappa shape index (κ3) is 4.10. The lowest BCUT2D eigenvalue weighted by atomic mass is 9.94. The largest absolute Gasteiger partial charge is 0.480 e. The summed E-state index contributed by atoms with van der Waals surface area (Å²) in [5.41, 5.74) is 1.03. The van der Waals surface area contributed by atoms with Gasteiger partial charge in [-0.2, -0.15) is 0 Å². The Balaban J connectivity index is 1.78. The highest BCUT2D eigenvalue weighted by atomic mass is 16.4. The molecule has 5 heteroatoms. The lowest BCUT2D eigenvalue weighted by molar-refractivity contribution is -0.141. The van der Waals surface area contributed by atoms with Crippen LogP contribution in [-0.2, 0) is 11.2 Å². The molecule has 1 aromatic heterocycles. The maximum Gasteiger partial charge on any atom is 0.327 e. The molecule has 0 unspecified atom stereocenters. The number of hydrogen-bond donors (Lipinski definition) is 1. The van der Waals surface area contributed by atoms with Gasteiger partial charge < -0.3 is 14.6 Å². The van der Waals surface area contributed by atoms with E-state index in [1.807, 2.05) is 41.1 Å². The van der Waals surface area contributed by atoms with Gasteiger partial charge in [0.2, 0.25) is 0 Å². The highest BCUT2D eigenvalue weighted by molar-refractivity contribution is 5.72. The first kappa shape index (κ1) is 17.7. The molecule has 1 fully saturated rings. The van der Waals surface area contributed by atoms with Crippen LogP contribution in [0.1, 0.15) is 50.0 Å². The van der Waals surface area contributed by atoms with E-state index in [1.54, 1.807) is 6.20 Å². The van der Waals surface area contributed by atoms with E-state index in [4.69, 9.17) is 0 Å². The number of aliphatic carboxylic acids is 1. The van der Waals surface area contributed by atoms with Gasteiger partial charge in [-0.05, 0) is 45.3 Å². The zero-order valence-corrected chi connectivity index (χ0v) is 15.0. The van der Waals surface area contributed by atoms with Crippen molar-refractivity contribution in [2.45, 2.75) is 51.1 Å². The summed E-state index contributed by atoms with van der Waals surface area (Å²) in [5, 5.41) is 9.79. The Morgan fingerprint density at radius 3 is 2.52 bits per heavy atom. The molecule has 134 valence electrons. The van der Waals surface area contributed by atoms with E-state index >= 15 is 0 Å². The predicted molar refractivity (Wildman–Crippen MR) is 97.7 cm³/mol. The Hall–Kier alpha value is -2.14. The van der Waals surface area contributed by atoms with E-state index in [2.05, 4.69) is 23.7 Å². The molecule has 1 atom stereocenters. The number of likely N-dealkylation sites (tertiary alicyclic amines) is 1. The highest BCUT2D eigenvalue weighted by Gasteiger charge is 2.29. The summed E-state index contributed by atoms with van der Waals surface area (Å²) >= 11 is 0. The minimum absolute atomic E-state index is 0.336. The lowest BCUT2D eigenvalue weighted by Crippen LogP contribution is -2.38. The molecular formula is C20H27N3O2. The highest BCUT2D eigenvalue weighted by Crippen LogP contribution is 2.30. The number of piperidine rings is 1. The molecule has 5 nitrogen and oxygen atoms in total. The number of hydrogen-bond acceptors (Lipinski definition) is 3. The molecule has 0 bridgehead atoms. The number of carboxylic acid groups (broad SMARTS) is 1. The topological polar surface area (TPSA) is 58.4 Å². The van der Waals surface area contributed by atoms with Crippen molar-refractivity contribution in [1.82, 2.24) is 14.5 Å². The summed E-state index contributed by atoms with van der Waals surface area (Å²) in [5.74, 6) is 0.456. The lowest BCUT2D eigenvalue weighted by Gasteiger charge is -2.34. The Morgan fingerprint density at radius 2 is 1.92 bits per heavy atom. The molecule has 25 heavy (non-hydrogen) atoms. The van der Waals surface area contributed by atoms with Crippen LogP contribution in [0.3, 0.4) is 0 Å². The van der Waals surface area contributed by atoms with Gasteiger partial charge in [0.1, 0.15) is 11.9 Å². The van der Waals surface area contributed by atoms with Crippen LogP contribution >= 0.6 is 0 Å². The summed E-state index contributed by atoms with van der Waals surface area (Å²) in [6, 6.07) is 9.76. The average Bonchev–Trinajstić information content (AvgIpc) is 3.09. The van der Waals surface area contributed by atoms with Crippen molar-refractivity contribution in [2.75, 3.05) is 13.1 Å². The molecule has 3 rings (SSSR count). The maximum atomic E-state index is 11.9. The normalized spacial score (nSPS) is 17.7. The van der Waals surface area contributed by atoms with E-state index in [-0.39, 0.29) is 0 Å². The number of carboxylic acids is 1. The molecule has 2 aromatic rings. The van der Waals surface area contributed by atoms with Crippen molar-refractivity contribution in [2.24, 2.45) is 0 Å². The minimum Gasteiger partial charge on any atom is -0.480 e. The summed E-state index contributed by atoms with van der Waals surface area (Å²) < 4.78 is 1.88. The molecule has 0 spiro atoms. The van der Waals surface area contributed by atoms with Crippen molar-refractivity contribution < 1.29 is 9.90 Å². The first-order chi connectivity index (χ1) is 12.1. The molecule has 1 saturated heterocycles. The molecular weight excluding hydrogens is 314 g/mol. The van der Waals surface area contributed by atoms with Gasteiger partial charge >= 0.3 is 5.97 Å². The smallest absolute Gasteiger partial charge is 0.327 e. The van der Waals surface area contributed by atoms with Crippen molar-refractivity contribution in [1.29, 1.82) is 0 Å². The number of aromatic nitrogens is 2. The third-order valence-corrected chi connectivity index (χ3v) is 5.22. The average molecular weight is 341 g/mol. The number of imidazole rings is 1. The SMILES string of the molecule is CC(C)N1CCC(c2nccn2[C@@H](Cc2ccccc2)C(=O)O)CC1. The molecule has 0 saturated carbocycles. The number of carbonyl (C=O) groups is 1. The van der Waals surface area contributed by atoms with Crippen molar-refractivity contribution in [3.8, 4) is 0 Å². The van der Waals surface area contributed by atoms with Gasteiger partial charge in [-0.3, -0.25) is 0 Å². The molecule has 0 aliphatic carbocycles. The summed E-state index contributed by atoms with van der Waals surface area (Å²) in [7, 11) is 0. The Kier molecular flexibility index (Phi) is 5.53. The first-order valence-corrected chi connectivity index (χ1v) is 9.09. The molecule has 1 aliphatic rings. The van der Waals surface area contributed by atoms with E-state index in [0.29, 0.717) is 18.4 Å². The molecule has 0 amide bonds. The van der Waals surface area contributed by atoms with Crippen LogP contribution < -0.4 is 0 Å². The van der Waals surface area contributed by atoms with Crippen LogP contribution in [0.5, 0.6) is 0 Å². The minimum atomic E-state index is -0.803. The van der Waals surface area contributed by atoms with Crippen LogP contribution in [0.15, 0.2) is 42.7 Å². The van der Waals surface area contributed by atoms with E-state index in [9.17, 15) is 9.90 Å². The van der Waals surface area contributed by atoms with E-state index in [1.165, 1.54) is 0 Å². The quantitative estimate of drug-likeness (QED) is 0.875.